The van der Waals surface area contributed by atoms with Crippen LogP contribution in [0.2, 0.25) is 0 Å². The molecule has 0 aromatic heterocycles. The predicted molar refractivity (Wildman–Crippen MR) is 86.5 cm³/mol. The van der Waals surface area contributed by atoms with E-state index >= 15 is 0 Å². The van der Waals surface area contributed by atoms with Gasteiger partial charge in [0, 0.05) is 11.1 Å². The van der Waals surface area contributed by atoms with Crippen molar-refractivity contribution in [2.75, 3.05) is 0 Å². The average Bonchev–Trinajstić information content (AvgIpc) is 2.45. The summed E-state index contributed by atoms with van der Waals surface area (Å²) in [7, 11) is 0. The summed E-state index contributed by atoms with van der Waals surface area (Å²) in [4.78, 5) is 23.1. The lowest BCUT2D eigenvalue weighted by molar-refractivity contribution is -0.259. The number of benzene rings is 1. The SMILES string of the molecule is CCCCCc1c(C(=O)[O-])c(C(=O)[O-])cc(C(C)C)c1C(C)C. The summed E-state index contributed by atoms with van der Waals surface area (Å²) in [6.07, 6.45) is 3.35. The molecule has 1 aromatic rings. The van der Waals surface area contributed by atoms with Crippen molar-refractivity contribution in [3.05, 3.63) is 33.9 Å². The van der Waals surface area contributed by atoms with Crippen molar-refractivity contribution in [3.63, 3.8) is 0 Å². The zero-order valence-corrected chi connectivity index (χ0v) is 14.7. The highest BCUT2D eigenvalue weighted by Crippen LogP contribution is 2.34. The van der Waals surface area contributed by atoms with E-state index in [-0.39, 0.29) is 23.0 Å². The number of hydrogen-bond donors (Lipinski definition) is 0. The van der Waals surface area contributed by atoms with Gasteiger partial charge in [-0.05, 0) is 47.4 Å². The van der Waals surface area contributed by atoms with Crippen LogP contribution in [0.15, 0.2) is 6.07 Å². The second-order valence-corrected chi connectivity index (χ2v) is 6.62. The van der Waals surface area contributed by atoms with Gasteiger partial charge in [0.2, 0.25) is 0 Å². The zero-order chi connectivity index (χ0) is 17.7. The van der Waals surface area contributed by atoms with Crippen molar-refractivity contribution < 1.29 is 19.8 Å². The molecule has 0 fully saturated rings. The molecule has 0 saturated heterocycles. The third-order valence-corrected chi connectivity index (χ3v) is 4.16. The van der Waals surface area contributed by atoms with E-state index < -0.39 is 11.9 Å². The fourth-order valence-corrected chi connectivity index (χ4v) is 3.14. The van der Waals surface area contributed by atoms with Gasteiger partial charge in [0.05, 0.1) is 11.9 Å². The van der Waals surface area contributed by atoms with Crippen LogP contribution in [0, 0.1) is 0 Å². The molecule has 4 heteroatoms. The third kappa shape index (κ3) is 4.34. The Morgan fingerprint density at radius 3 is 2.00 bits per heavy atom. The van der Waals surface area contributed by atoms with Crippen LogP contribution in [-0.4, -0.2) is 11.9 Å². The van der Waals surface area contributed by atoms with Gasteiger partial charge in [-0.25, -0.2) is 0 Å². The Hall–Kier alpha value is -1.84. The maximum Gasteiger partial charge on any atom is 0.0724 e. The molecule has 1 rings (SSSR count). The van der Waals surface area contributed by atoms with Gasteiger partial charge < -0.3 is 19.8 Å². The van der Waals surface area contributed by atoms with Crippen LogP contribution in [0.1, 0.15) is 103 Å². The molecular formula is C19H26O4-2. The van der Waals surface area contributed by atoms with E-state index in [0.29, 0.717) is 12.0 Å². The molecule has 0 aliphatic rings. The first-order valence-electron chi connectivity index (χ1n) is 8.34. The van der Waals surface area contributed by atoms with Gasteiger partial charge in [-0.1, -0.05) is 47.5 Å². The van der Waals surface area contributed by atoms with Crippen molar-refractivity contribution in [3.8, 4) is 0 Å². The van der Waals surface area contributed by atoms with Crippen LogP contribution in [0.5, 0.6) is 0 Å². The lowest BCUT2D eigenvalue weighted by Crippen LogP contribution is -2.32. The van der Waals surface area contributed by atoms with E-state index in [2.05, 4.69) is 6.92 Å². The lowest BCUT2D eigenvalue weighted by Gasteiger charge is -2.27. The summed E-state index contributed by atoms with van der Waals surface area (Å²) in [5, 5.41) is 23.1. The van der Waals surface area contributed by atoms with Crippen molar-refractivity contribution in [1.29, 1.82) is 0 Å². The molecule has 0 N–H and O–H groups in total. The van der Waals surface area contributed by atoms with Gasteiger partial charge in [0.15, 0.2) is 0 Å². The van der Waals surface area contributed by atoms with Crippen LogP contribution in [0.25, 0.3) is 0 Å². The molecule has 0 spiro atoms. The smallest absolute Gasteiger partial charge is 0.0724 e. The number of aromatic carboxylic acids is 2. The number of carbonyl (C=O) groups is 2. The Morgan fingerprint density at radius 2 is 1.61 bits per heavy atom. The normalized spacial score (nSPS) is 11.3. The largest absolute Gasteiger partial charge is 0.545 e. The highest BCUT2D eigenvalue weighted by Gasteiger charge is 2.22. The molecule has 0 atom stereocenters. The van der Waals surface area contributed by atoms with E-state index in [1.54, 1.807) is 0 Å². The zero-order valence-electron chi connectivity index (χ0n) is 14.7. The summed E-state index contributed by atoms with van der Waals surface area (Å²) in [5.74, 6) is -2.68. The first-order valence-corrected chi connectivity index (χ1v) is 8.34. The summed E-state index contributed by atoms with van der Waals surface area (Å²) in [6.45, 7) is 10.0. The minimum Gasteiger partial charge on any atom is -0.545 e. The van der Waals surface area contributed by atoms with E-state index in [0.717, 1.165) is 30.4 Å². The van der Waals surface area contributed by atoms with Gasteiger partial charge in [0.25, 0.3) is 0 Å². The van der Waals surface area contributed by atoms with E-state index in [1.807, 2.05) is 27.7 Å². The minimum absolute atomic E-state index is 0.103. The molecule has 128 valence electrons. The fraction of sp³-hybridized carbons (Fsp3) is 0.579. The molecule has 0 radical (unpaired) electrons. The van der Waals surface area contributed by atoms with Crippen molar-refractivity contribution in [1.82, 2.24) is 0 Å². The maximum absolute atomic E-state index is 11.6. The van der Waals surface area contributed by atoms with Gasteiger partial charge in [-0.3, -0.25) is 0 Å². The third-order valence-electron chi connectivity index (χ3n) is 4.16. The maximum atomic E-state index is 11.6. The van der Waals surface area contributed by atoms with Crippen molar-refractivity contribution in [2.24, 2.45) is 0 Å². The Kier molecular flexibility index (Phi) is 6.79. The summed E-state index contributed by atoms with van der Waals surface area (Å²) in [5.41, 5.74) is 1.98. The Morgan fingerprint density at radius 1 is 1.00 bits per heavy atom. The molecular weight excluding hydrogens is 292 g/mol. The Bertz CT molecular complexity index is 586. The van der Waals surface area contributed by atoms with E-state index in [9.17, 15) is 19.8 Å². The van der Waals surface area contributed by atoms with E-state index in [1.165, 1.54) is 6.07 Å². The van der Waals surface area contributed by atoms with Crippen molar-refractivity contribution >= 4 is 11.9 Å². The second-order valence-electron chi connectivity index (χ2n) is 6.62. The second kappa shape index (κ2) is 8.14. The number of rotatable bonds is 8. The number of carboxylic acid groups (broad SMARTS) is 2. The average molecular weight is 318 g/mol. The van der Waals surface area contributed by atoms with Crippen LogP contribution < -0.4 is 10.2 Å². The molecule has 0 amide bonds. The number of hydrogen-bond acceptors (Lipinski definition) is 4. The van der Waals surface area contributed by atoms with Crippen LogP contribution in [-0.2, 0) is 6.42 Å². The summed E-state index contributed by atoms with van der Waals surface area (Å²) >= 11 is 0. The van der Waals surface area contributed by atoms with Gasteiger partial charge >= 0.3 is 0 Å². The van der Waals surface area contributed by atoms with Crippen LogP contribution in [0.4, 0.5) is 0 Å². The molecule has 0 aliphatic carbocycles. The fourth-order valence-electron chi connectivity index (χ4n) is 3.14. The quantitative estimate of drug-likeness (QED) is 0.689. The monoisotopic (exact) mass is 318 g/mol. The van der Waals surface area contributed by atoms with Gasteiger partial charge in [-0.15, -0.1) is 0 Å². The first kappa shape index (κ1) is 19.2. The van der Waals surface area contributed by atoms with E-state index in [4.69, 9.17) is 0 Å². The number of carbonyl (C=O) groups excluding carboxylic acids is 2. The molecule has 0 saturated carbocycles. The van der Waals surface area contributed by atoms with Crippen LogP contribution in [0.3, 0.4) is 0 Å². The van der Waals surface area contributed by atoms with Gasteiger partial charge in [0.1, 0.15) is 0 Å². The van der Waals surface area contributed by atoms with Crippen LogP contribution >= 0.6 is 0 Å². The first-order chi connectivity index (χ1) is 10.7. The highest BCUT2D eigenvalue weighted by molar-refractivity contribution is 6.02. The number of carboxylic acids is 2. The standard InChI is InChI=1S/C19H28O4/c1-6-7-8-9-13-16(12(4)5)14(11(2)3)10-15(18(20)21)17(13)19(22)23/h10-12H,6-9H2,1-5H3,(H,20,21)(H,22,23)/p-2. The van der Waals surface area contributed by atoms with Gasteiger partial charge in [-0.2, -0.15) is 0 Å². The molecule has 23 heavy (non-hydrogen) atoms. The Balaban J connectivity index is 3.72. The Labute approximate surface area is 138 Å². The number of unbranched alkanes of at least 4 members (excludes halogenated alkanes) is 2. The topological polar surface area (TPSA) is 80.3 Å². The van der Waals surface area contributed by atoms with Crippen molar-refractivity contribution in [2.45, 2.75) is 72.1 Å². The molecule has 4 nitrogen and oxygen atoms in total. The predicted octanol–water partition coefficient (Wildman–Crippen LogP) is 2.39. The summed E-state index contributed by atoms with van der Waals surface area (Å²) < 4.78 is 0. The highest BCUT2D eigenvalue weighted by atomic mass is 16.4. The summed E-state index contributed by atoms with van der Waals surface area (Å²) in [6, 6.07) is 1.46. The molecule has 1 aromatic carbocycles. The lowest BCUT2D eigenvalue weighted by atomic mass is 9.80. The molecule has 0 unspecified atom stereocenters. The molecule has 0 bridgehead atoms. The molecule has 0 heterocycles. The molecule has 0 aliphatic heterocycles. The minimum atomic E-state index is -1.46.